The van der Waals surface area contributed by atoms with Crippen molar-refractivity contribution >= 4 is 35.5 Å². The van der Waals surface area contributed by atoms with E-state index in [4.69, 9.17) is 21.9 Å². The molecule has 13 N–H and O–H groups in total. The fourth-order valence-electron chi connectivity index (χ4n) is 4.04. The van der Waals surface area contributed by atoms with Crippen LogP contribution in [0.3, 0.4) is 0 Å². The fourth-order valence-corrected chi connectivity index (χ4v) is 4.04. The molecule has 0 rings (SSSR count). The van der Waals surface area contributed by atoms with Crippen molar-refractivity contribution in [3.63, 3.8) is 0 Å². The molecule has 0 spiro atoms. The number of aliphatic hydroxyl groups excluding tert-OH is 1. The third-order valence-corrected chi connectivity index (χ3v) is 6.64. The van der Waals surface area contributed by atoms with Gasteiger partial charge in [0.1, 0.15) is 30.8 Å². The van der Waals surface area contributed by atoms with Crippen LogP contribution >= 0.6 is 0 Å². The molecule has 17 heteroatoms. The molecule has 4 atom stereocenters. The first-order valence-corrected chi connectivity index (χ1v) is 15.7. The summed E-state index contributed by atoms with van der Waals surface area (Å²) in [6.45, 7) is 4.77. The van der Waals surface area contributed by atoms with Gasteiger partial charge < -0.3 is 58.7 Å². The molecular weight excluding hydrogens is 604 g/mol. The summed E-state index contributed by atoms with van der Waals surface area (Å²) in [4.78, 5) is 75.6. The molecule has 0 fully saturated rings. The largest absolute Gasteiger partial charge is 0.480 e. The van der Waals surface area contributed by atoms with Crippen molar-refractivity contribution < 1.29 is 43.7 Å². The van der Waals surface area contributed by atoms with E-state index in [1.807, 2.05) is 0 Å². The number of aliphatic carboxylic acids is 1. The number of ether oxygens (including phenoxy) is 1. The highest BCUT2D eigenvalue weighted by molar-refractivity contribution is 5.95. The monoisotopic (exact) mass is 660 g/mol. The number of rotatable bonds is 25. The number of carboxylic acids is 1. The summed E-state index contributed by atoms with van der Waals surface area (Å²) < 4.78 is 5.33. The smallest absolute Gasteiger partial charge is 0.326 e. The number of aliphatic hydroxyl groups is 1. The molecule has 0 aromatic carbocycles. The minimum Gasteiger partial charge on any atom is -0.480 e. The van der Waals surface area contributed by atoms with Crippen LogP contribution < -0.4 is 43.8 Å². The van der Waals surface area contributed by atoms with E-state index >= 15 is 0 Å². The maximum absolute atomic E-state index is 13.4. The second-order valence-corrected chi connectivity index (χ2v) is 11.9. The quantitative estimate of drug-likeness (QED) is 0.0448. The van der Waals surface area contributed by atoms with Gasteiger partial charge in [-0.25, -0.2) is 4.79 Å². The van der Waals surface area contributed by atoms with E-state index in [1.54, 1.807) is 20.8 Å². The van der Waals surface area contributed by atoms with Crippen molar-refractivity contribution in [3.8, 4) is 0 Å². The Hall–Kier alpha value is -3.38. The van der Waals surface area contributed by atoms with Gasteiger partial charge >= 0.3 is 5.97 Å². The highest BCUT2D eigenvalue weighted by Crippen LogP contribution is 2.08. The normalized spacial score (nSPS) is 13.9. The molecule has 0 bridgehead atoms. The van der Waals surface area contributed by atoms with Gasteiger partial charge in [0.05, 0.1) is 18.8 Å². The zero-order valence-corrected chi connectivity index (χ0v) is 27.4. The second kappa shape index (κ2) is 23.9. The number of hydrogen-bond acceptors (Lipinski definition) is 11. The van der Waals surface area contributed by atoms with Crippen molar-refractivity contribution in [2.45, 2.75) is 108 Å². The van der Waals surface area contributed by atoms with Crippen molar-refractivity contribution in [2.75, 3.05) is 39.4 Å². The Morgan fingerprint density at radius 1 is 0.630 bits per heavy atom. The van der Waals surface area contributed by atoms with Crippen LogP contribution in [0.25, 0.3) is 0 Å². The highest BCUT2D eigenvalue weighted by atomic mass is 16.5. The standard InChI is InChI=1S/C29H56N8O9/c1-29(2,3)46-18-24(40)33-16-23(39)34-22(17-38)27(43)36-19(10-4-7-13-30)25(41)35-20(11-5-8-14-31)26(42)37-21(28(44)45)12-6-9-15-32/h19-22,38H,4-18,30-32H2,1-3H3,(H,33,40)(H,34,39)(H,35,41)(H,36,43)(H,37,42)(H,44,45)/t19-,20-,21-,22-/m0/s1. The number of nitrogens with one attached hydrogen (secondary N) is 5. The van der Waals surface area contributed by atoms with Gasteiger partial charge in [0, 0.05) is 0 Å². The lowest BCUT2D eigenvalue weighted by Gasteiger charge is -2.26. The Labute approximate surface area is 270 Å². The number of nitrogens with two attached hydrogens (primary N) is 3. The molecule has 0 aliphatic carbocycles. The molecule has 0 saturated carbocycles. The Kier molecular flexibility index (Phi) is 22.1. The summed E-state index contributed by atoms with van der Waals surface area (Å²) in [5, 5.41) is 31.6. The predicted octanol–water partition coefficient (Wildman–Crippen LogP) is -2.68. The summed E-state index contributed by atoms with van der Waals surface area (Å²) >= 11 is 0. The summed E-state index contributed by atoms with van der Waals surface area (Å²) in [5.74, 6) is -4.84. The first-order chi connectivity index (χ1) is 21.7. The summed E-state index contributed by atoms with van der Waals surface area (Å²) in [7, 11) is 0. The summed E-state index contributed by atoms with van der Waals surface area (Å²) in [5.41, 5.74) is 16.1. The molecular formula is C29H56N8O9. The molecule has 266 valence electrons. The molecule has 0 heterocycles. The first-order valence-electron chi connectivity index (χ1n) is 15.7. The lowest BCUT2D eigenvalue weighted by molar-refractivity contribution is -0.142. The topological polar surface area (TPSA) is 290 Å². The third kappa shape index (κ3) is 19.9. The SMILES string of the molecule is CC(C)(C)OCC(=O)NCC(=O)N[C@@H](CO)C(=O)N[C@@H](CCCCN)C(=O)N[C@@H](CCCCN)C(=O)N[C@@H](CCCCN)C(=O)O. The van der Waals surface area contributed by atoms with Gasteiger partial charge in [-0.1, -0.05) is 0 Å². The van der Waals surface area contributed by atoms with Crippen LogP contribution in [-0.4, -0.2) is 115 Å². The molecule has 46 heavy (non-hydrogen) atoms. The van der Waals surface area contributed by atoms with E-state index in [1.165, 1.54) is 0 Å². The van der Waals surface area contributed by atoms with Crippen LogP contribution in [0.1, 0.15) is 78.6 Å². The third-order valence-electron chi connectivity index (χ3n) is 6.64. The van der Waals surface area contributed by atoms with Gasteiger partial charge in [-0.15, -0.1) is 0 Å². The van der Waals surface area contributed by atoms with E-state index in [9.17, 15) is 39.0 Å². The summed E-state index contributed by atoms with van der Waals surface area (Å²) in [6.07, 6.45) is 3.47. The summed E-state index contributed by atoms with van der Waals surface area (Å²) in [6, 6.07) is -4.93. The average molecular weight is 661 g/mol. The van der Waals surface area contributed by atoms with Gasteiger partial charge in [-0.3, -0.25) is 24.0 Å². The lowest BCUT2D eigenvalue weighted by atomic mass is 10.0. The van der Waals surface area contributed by atoms with Crippen molar-refractivity contribution in [1.82, 2.24) is 26.6 Å². The molecule has 17 nitrogen and oxygen atoms in total. The zero-order chi connectivity index (χ0) is 35.1. The number of carboxylic acid groups (broad SMARTS) is 1. The van der Waals surface area contributed by atoms with Gasteiger partial charge in [-0.05, 0) is 98.2 Å². The fraction of sp³-hybridized carbons (Fsp3) is 0.793. The molecule has 0 aliphatic heterocycles. The number of carbonyl (C=O) groups is 6. The van der Waals surface area contributed by atoms with E-state index < -0.39 is 78.4 Å². The van der Waals surface area contributed by atoms with E-state index in [2.05, 4.69) is 26.6 Å². The van der Waals surface area contributed by atoms with Crippen LogP contribution in [0.5, 0.6) is 0 Å². The number of hydrogen-bond donors (Lipinski definition) is 10. The molecule has 5 amide bonds. The Morgan fingerprint density at radius 2 is 1.04 bits per heavy atom. The Morgan fingerprint density at radius 3 is 1.43 bits per heavy atom. The van der Waals surface area contributed by atoms with Gasteiger partial charge in [0.25, 0.3) is 0 Å². The predicted molar refractivity (Wildman–Crippen MR) is 170 cm³/mol. The van der Waals surface area contributed by atoms with Gasteiger partial charge in [0.15, 0.2) is 0 Å². The average Bonchev–Trinajstić information content (AvgIpc) is 2.99. The molecule has 0 aromatic rings. The van der Waals surface area contributed by atoms with Gasteiger partial charge in [-0.2, -0.15) is 0 Å². The van der Waals surface area contributed by atoms with Gasteiger partial charge in [0.2, 0.25) is 29.5 Å². The lowest BCUT2D eigenvalue weighted by Crippen LogP contribution is -2.58. The van der Waals surface area contributed by atoms with E-state index in [-0.39, 0.29) is 25.9 Å². The minimum atomic E-state index is -1.45. The van der Waals surface area contributed by atoms with Crippen LogP contribution in [0.2, 0.25) is 0 Å². The molecule has 0 aliphatic rings. The minimum absolute atomic E-state index is 0.124. The maximum Gasteiger partial charge on any atom is 0.326 e. The Balaban J connectivity index is 5.56. The van der Waals surface area contributed by atoms with Crippen LogP contribution in [0, 0.1) is 0 Å². The van der Waals surface area contributed by atoms with Crippen molar-refractivity contribution in [1.29, 1.82) is 0 Å². The number of carbonyl (C=O) groups excluding carboxylic acids is 5. The zero-order valence-electron chi connectivity index (χ0n) is 27.4. The molecule has 0 unspecified atom stereocenters. The first kappa shape index (κ1) is 42.6. The highest BCUT2D eigenvalue weighted by Gasteiger charge is 2.31. The van der Waals surface area contributed by atoms with Crippen LogP contribution in [0.15, 0.2) is 0 Å². The van der Waals surface area contributed by atoms with E-state index in [0.717, 1.165) is 0 Å². The Bertz CT molecular complexity index is 961. The van der Waals surface area contributed by atoms with Crippen molar-refractivity contribution in [3.05, 3.63) is 0 Å². The van der Waals surface area contributed by atoms with E-state index in [0.29, 0.717) is 58.2 Å². The number of amides is 5. The maximum atomic E-state index is 13.4. The van der Waals surface area contributed by atoms with Crippen LogP contribution in [0.4, 0.5) is 0 Å². The second-order valence-electron chi connectivity index (χ2n) is 11.9. The molecule has 0 radical (unpaired) electrons. The van der Waals surface area contributed by atoms with Crippen molar-refractivity contribution in [2.24, 2.45) is 17.2 Å². The van der Waals surface area contributed by atoms with Crippen LogP contribution in [-0.2, 0) is 33.5 Å². The number of unbranched alkanes of at least 4 members (excludes halogenated alkanes) is 3. The molecule has 0 saturated heterocycles. The molecule has 0 aromatic heterocycles.